The first-order valence-electron chi connectivity index (χ1n) is 10.4. The molecule has 0 atom stereocenters. The topological polar surface area (TPSA) is 131 Å². The van der Waals surface area contributed by atoms with E-state index in [4.69, 9.17) is 33.9 Å². The molecule has 0 aliphatic heterocycles. The van der Waals surface area contributed by atoms with Crippen LogP contribution in [0.15, 0.2) is 0 Å². The van der Waals surface area contributed by atoms with Crippen molar-refractivity contribution in [3.63, 3.8) is 0 Å². The Bertz CT molecular complexity index is 781. The summed E-state index contributed by atoms with van der Waals surface area (Å²) in [6, 6.07) is 0. The Morgan fingerprint density at radius 1 is 0.812 bits per heavy atom. The Morgan fingerprint density at radius 3 is 1.44 bits per heavy atom. The second kappa shape index (κ2) is 14.4. The SMILES string of the molecule is CCCCN(CCCC)C(=O)C(NS(=O)(=O)C(=S)OC(C)C)NS(=O)(=O)C(=S)OC(C)C. The molecule has 0 aromatic carbocycles. The summed E-state index contributed by atoms with van der Waals surface area (Å²) >= 11 is 9.60. The molecule has 0 saturated carbocycles. The van der Waals surface area contributed by atoms with Crippen molar-refractivity contribution in [3.05, 3.63) is 0 Å². The molecule has 10 nitrogen and oxygen atoms in total. The number of hydrogen-bond donors (Lipinski definition) is 2. The molecule has 2 N–H and O–H groups in total. The highest BCUT2D eigenvalue weighted by atomic mass is 32.2. The van der Waals surface area contributed by atoms with Gasteiger partial charge in [-0.05, 0) is 65.0 Å². The van der Waals surface area contributed by atoms with Gasteiger partial charge in [0.25, 0.3) is 34.7 Å². The number of ether oxygens (including phenoxy) is 2. The van der Waals surface area contributed by atoms with E-state index in [0.717, 1.165) is 12.8 Å². The number of unbranched alkanes of at least 4 members (excludes halogenated alkanes) is 2. The maximum Gasteiger partial charge on any atom is 0.295 e. The van der Waals surface area contributed by atoms with Crippen LogP contribution in [0, 0.1) is 0 Å². The normalized spacial score (nSPS) is 12.3. The zero-order valence-corrected chi connectivity index (χ0v) is 22.7. The first-order valence-corrected chi connectivity index (χ1v) is 14.2. The highest BCUT2D eigenvalue weighted by molar-refractivity contribution is 8.16. The van der Waals surface area contributed by atoms with Gasteiger partial charge in [-0.3, -0.25) is 4.79 Å². The number of amides is 1. The summed E-state index contributed by atoms with van der Waals surface area (Å²) in [6.45, 7) is 10.8. The number of hydrogen-bond acceptors (Lipinski definition) is 9. The lowest BCUT2D eigenvalue weighted by atomic mass is 10.2. The first kappa shape index (κ1) is 31.1. The van der Waals surface area contributed by atoms with Crippen molar-refractivity contribution in [3.8, 4) is 0 Å². The Hall–Kier alpha value is -0.930. The fourth-order valence-corrected chi connectivity index (χ4v) is 4.77. The summed E-state index contributed by atoms with van der Waals surface area (Å²) in [7, 11) is -8.99. The molecule has 0 fully saturated rings. The summed E-state index contributed by atoms with van der Waals surface area (Å²) < 4.78 is 63.0. The fourth-order valence-electron chi connectivity index (χ4n) is 2.26. The number of rotatable bonds is 13. The predicted octanol–water partition coefficient (Wildman–Crippen LogP) is 2.00. The second-order valence-corrected chi connectivity index (χ2v) is 12.0. The molecule has 0 bridgehead atoms. The van der Waals surface area contributed by atoms with E-state index in [1.54, 1.807) is 27.7 Å². The molecule has 188 valence electrons. The van der Waals surface area contributed by atoms with Gasteiger partial charge in [0.05, 0.1) is 12.2 Å². The molecule has 1 amide bonds. The van der Waals surface area contributed by atoms with Crippen LogP contribution in [0.1, 0.15) is 67.2 Å². The maximum atomic E-state index is 13.2. The van der Waals surface area contributed by atoms with Crippen molar-refractivity contribution in [1.82, 2.24) is 14.3 Å². The van der Waals surface area contributed by atoms with E-state index in [1.165, 1.54) is 4.90 Å². The van der Waals surface area contributed by atoms with Crippen LogP contribution < -0.4 is 9.44 Å². The van der Waals surface area contributed by atoms with Gasteiger partial charge in [0.2, 0.25) is 0 Å². The quantitative estimate of drug-likeness (QED) is 0.269. The van der Waals surface area contributed by atoms with Gasteiger partial charge in [0.15, 0.2) is 6.17 Å². The molecule has 0 aromatic rings. The molecule has 0 saturated heterocycles. The van der Waals surface area contributed by atoms with Crippen molar-refractivity contribution >= 4 is 59.2 Å². The minimum atomic E-state index is -4.49. The van der Waals surface area contributed by atoms with E-state index >= 15 is 0 Å². The number of thiocarbonyl (C=S) groups is 2. The third-order valence-electron chi connectivity index (χ3n) is 3.77. The Balaban J connectivity index is 6.02. The lowest BCUT2D eigenvalue weighted by Crippen LogP contribution is -2.59. The molecule has 32 heavy (non-hydrogen) atoms. The first-order chi connectivity index (χ1) is 14.7. The standard InChI is InChI=1S/C18H35N3O7S4/c1-7-9-11-21(12-10-8-2)16(22)15(19-31(23,24)17(29)27-13(3)4)20-32(25,26)18(30)28-14(5)6/h13-15,19-20H,7-12H2,1-6H3. The summed E-state index contributed by atoms with van der Waals surface area (Å²) in [5.74, 6) is -0.779. The van der Waals surface area contributed by atoms with Gasteiger partial charge in [-0.25, -0.2) is 16.8 Å². The lowest BCUT2D eigenvalue weighted by Gasteiger charge is -2.28. The number of nitrogens with one attached hydrogen (secondary N) is 2. The highest BCUT2D eigenvalue weighted by Gasteiger charge is 2.36. The monoisotopic (exact) mass is 533 g/mol. The molecule has 0 unspecified atom stereocenters. The third kappa shape index (κ3) is 11.3. The minimum Gasteiger partial charge on any atom is -0.472 e. The average Bonchev–Trinajstić information content (AvgIpc) is 2.65. The van der Waals surface area contributed by atoms with Crippen molar-refractivity contribution in [2.45, 2.75) is 85.6 Å². The van der Waals surface area contributed by atoms with Crippen molar-refractivity contribution in [2.75, 3.05) is 13.1 Å². The van der Waals surface area contributed by atoms with Gasteiger partial charge in [0, 0.05) is 13.1 Å². The largest absolute Gasteiger partial charge is 0.472 e. The van der Waals surface area contributed by atoms with Crippen molar-refractivity contribution in [1.29, 1.82) is 0 Å². The Morgan fingerprint density at radius 2 is 1.16 bits per heavy atom. The van der Waals surface area contributed by atoms with Gasteiger partial charge < -0.3 is 14.4 Å². The predicted molar refractivity (Wildman–Crippen MR) is 132 cm³/mol. The molecule has 0 aliphatic carbocycles. The van der Waals surface area contributed by atoms with Crippen LogP contribution in [0.5, 0.6) is 0 Å². The molecule has 0 aromatic heterocycles. The third-order valence-corrected chi connectivity index (χ3v) is 7.44. The van der Waals surface area contributed by atoms with E-state index in [-0.39, 0.29) is 0 Å². The van der Waals surface area contributed by atoms with Crippen LogP contribution in [-0.4, -0.2) is 67.9 Å². The molecule has 0 heterocycles. The van der Waals surface area contributed by atoms with Crippen LogP contribution in [0.2, 0.25) is 0 Å². The van der Waals surface area contributed by atoms with Crippen LogP contribution in [-0.2, 0) is 34.3 Å². The zero-order chi connectivity index (χ0) is 25.1. The molecule has 0 spiro atoms. The van der Waals surface area contributed by atoms with Gasteiger partial charge in [-0.15, -0.1) is 0 Å². The number of carbonyl (C=O) groups excluding carboxylic acids is 1. The number of carbonyl (C=O) groups is 1. The summed E-state index contributed by atoms with van der Waals surface area (Å²) in [5.41, 5.74) is 0. The van der Waals surface area contributed by atoms with Crippen molar-refractivity contribution in [2.24, 2.45) is 0 Å². The van der Waals surface area contributed by atoms with Crippen LogP contribution in [0.3, 0.4) is 0 Å². The lowest BCUT2D eigenvalue weighted by molar-refractivity contribution is -0.133. The summed E-state index contributed by atoms with van der Waals surface area (Å²) in [5, 5.41) is 0. The van der Waals surface area contributed by atoms with Crippen LogP contribution >= 0.6 is 24.4 Å². The second-order valence-electron chi connectivity index (χ2n) is 7.54. The summed E-state index contributed by atoms with van der Waals surface area (Å²) in [4.78, 5) is 14.6. The van der Waals surface area contributed by atoms with Gasteiger partial charge in [-0.1, -0.05) is 26.7 Å². The van der Waals surface area contributed by atoms with Crippen molar-refractivity contribution < 1.29 is 31.1 Å². The van der Waals surface area contributed by atoms with E-state index < -0.39 is 53.1 Å². The van der Waals surface area contributed by atoms with Gasteiger partial charge in [-0.2, -0.15) is 9.44 Å². The molecule has 0 radical (unpaired) electrons. The fraction of sp³-hybridized carbons (Fsp3) is 0.833. The van der Waals surface area contributed by atoms with Crippen LogP contribution in [0.4, 0.5) is 0 Å². The number of nitrogens with zero attached hydrogens (tertiary/aromatic N) is 1. The van der Waals surface area contributed by atoms with E-state index in [1.807, 2.05) is 23.3 Å². The highest BCUT2D eigenvalue weighted by Crippen LogP contribution is 2.08. The zero-order valence-electron chi connectivity index (χ0n) is 19.4. The van der Waals surface area contributed by atoms with Crippen LogP contribution in [0.25, 0.3) is 0 Å². The summed E-state index contributed by atoms with van der Waals surface area (Å²) in [6.07, 6.45) is -0.0735. The Kier molecular flexibility index (Phi) is 13.9. The van der Waals surface area contributed by atoms with Gasteiger partial charge in [0.1, 0.15) is 0 Å². The molecule has 0 aliphatic rings. The van der Waals surface area contributed by atoms with Gasteiger partial charge >= 0.3 is 0 Å². The minimum absolute atomic E-state index is 0.329. The maximum absolute atomic E-state index is 13.2. The molecular weight excluding hydrogens is 498 g/mol. The molecule has 0 rings (SSSR count). The number of sulfonamides is 2. The van der Waals surface area contributed by atoms with E-state index in [9.17, 15) is 21.6 Å². The molecule has 14 heteroatoms. The smallest absolute Gasteiger partial charge is 0.295 e. The van der Waals surface area contributed by atoms with E-state index in [0.29, 0.717) is 25.9 Å². The average molecular weight is 534 g/mol. The Labute approximate surface area is 202 Å². The van der Waals surface area contributed by atoms with E-state index in [2.05, 4.69) is 0 Å². The molecular formula is C18H35N3O7S4.